The molecule has 346 valence electrons. The van der Waals surface area contributed by atoms with Gasteiger partial charge >= 0.3 is 0 Å². The Labute approximate surface area is 398 Å². The average molecular weight is 956 g/mol. The lowest BCUT2D eigenvalue weighted by Crippen LogP contribution is -1.98. The van der Waals surface area contributed by atoms with Crippen molar-refractivity contribution in [1.29, 1.82) is 0 Å². The van der Waals surface area contributed by atoms with Gasteiger partial charge in [-0.15, -0.1) is 0 Å². The summed E-state index contributed by atoms with van der Waals surface area (Å²) in [6.07, 6.45) is 0. The van der Waals surface area contributed by atoms with Gasteiger partial charge in [-0.3, -0.25) is 0 Å². The number of nitrogens with zero attached hydrogens (tertiary/aromatic N) is 1. The van der Waals surface area contributed by atoms with Crippen LogP contribution in [0.25, 0.3) is 105 Å². The van der Waals surface area contributed by atoms with Gasteiger partial charge in [-0.05, 0) is 200 Å². The standard InChI is InChI=1S/C60H31F10N/c61-45-15-40(16-46(62)27-45)36-9-34(10-37(13-36)41-17-47(63)28-48(64)18-41)32-5-7-59-56(25-32)57-26-33(6-8-60(57)71(59)58-4-2-1-3-55(58)44-23-53(69)31-54(70)24-44)35-11-38(42-19-49(65)29-50(66)20-42)14-39(12-35)43-21-51(67)30-52(68)22-43/h1-31H. The van der Waals surface area contributed by atoms with Gasteiger partial charge in [0.1, 0.15) is 58.2 Å². The van der Waals surface area contributed by atoms with E-state index in [0.717, 1.165) is 78.9 Å². The van der Waals surface area contributed by atoms with Crippen molar-refractivity contribution in [2.75, 3.05) is 0 Å². The van der Waals surface area contributed by atoms with Crippen LogP contribution in [0.1, 0.15) is 0 Å². The maximum atomic E-state index is 14.8. The second-order valence-electron chi connectivity index (χ2n) is 17.2. The highest BCUT2D eigenvalue weighted by molar-refractivity contribution is 6.12. The highest BCUT2D eigenvalue weighted by atomic mass is 19.2. The summed E-state index contributed by atoms with van der Waals surface area (Å²) >= 11 is 0. The number of hydrogen-bond acceptors (Lipinski definition) is 0. The number of benzene rings is 10. The molecular weight excluding hydrogens is 925 g/mol. The summed E-state index contributed by atoms with van der Waals surface area (Å²) in [7, 11) is 0. The van der Waals surface area contributed by atoms with Crippen molar-refractivity contribution in [3.63, 3.8) is 0 Å². The fraction of sp³-hybridized carbons (Fsp3) is 0. The SMILES string of the molecule is Fc1cc(F)cc(-c2cc(-c3cc(F)cc(F)c3)cc(-c3ccc4c(c3)c3cc(-c5cc(-c6cc(F)cc(F)c6)cc(-c6cc(F)cc(F)c6)c5)ccc3n4-c3ccccc3-c3cc(F)cc(F)c3)c2)c1. The first-order valence-corrected chi connectivity index (χ1v) is 22.0. The van der Waals surface area contributed by atoms with Crippen molar-refractivity contribution in [1.82, 2.24) is 4.57 Å². The Hall–Kier alpha value is -8.70. The molecule has 11 rings (SSSR count). The molecule has 0 amide bonds. The van der Waals surface area contributed by atoms with Gasteiger partial charge in [0, 0.05) is 46.7 Å². The molecule has 0 unspecified atom stereocenters. The molecular formula is C60H31F10N. The summed E-state index contributed by atoms with van der Waals surface area (Å²) in [6.45, 7) is 0. The van der Waals surface area contributed by atoms with Crippen molar-refractivity contribution in [3.05, 3.63) is 246 Å². The van der Waals surface area contributed by atoms with Gasteiger partial charge in [-0.2, -0.15) is 0 Å². The van der Waals surface area contributed by atoms with Crippen molar-refractivity contribution in [3.8, 4) is 83.6 Å². The van der Waals surface area contributed by atoms with Crippen LogP contribution in [0.4, 0.5) is 43.9 Å². The van der Waals surface area contributed by atoms with E-state index in [1.165, 1.54) is 12.1 Å². The first-order valence-electron chi connectivity index (χ1n) is 22.0. The smallest absolute Gasteiger partial charge is 0.126 e. The third kappa shape index (κ3) is 8.82. The van der Waals surface area contributed by atoms with Gasteiger partial charge < -0.3 is 4.57 Å². The predicted octanol–water partition coefficient (Wildman–Crippen LogP) is 17.8. The molecule has 11 heteroatoms. The predicted molar refractivity (Wildman–Crippen MR) is 258 cm³/mol. The second kappa shape index (κ2) is 17.7. The Morgan fingerprint density at radius 2 is 0.465 bits per heavy atom. The number of halogens is 10. The van der Waals surface area contributed by atoms with Crippen LogP contribution in [-0.2, 0) is 0 Å². The van der Waals surface area contributed by atoms with Gasteiger partial charge in [0.25, 0.3) is 0 Å². The van der Waals surface area contributed by atoms with Gasteiger partial charge in [0.2, 0.25) is 0 Å². The number of aromatic nitrogens is 1. The fourth-order valence-corrected chi connectivity index (χ4v) is 9.40. The molecule has 0 fully saturated rings. The minimum Gasteiger partial charge on any atom is -0.309 e. The molecule has 1 heterocycles. The lowest BCUT2D eigenvalue weighted by Gasteiger charge is -2.15. The van der Waals surface area contributed by atoms with Crippen LogP contribution < -0.4 is 0 Å². The molecule has 0 aliphatic heterocycles. The monoisotopic (exact) mass is 955 g/mol. The minimum atomic E-state index is -0.834. The molecule has 1 aromatic heterocycles. The summed E-state index contributed by atoms with van der Waals surface area (Å²) in [5.74, 6) is -8.23. The molecule has 0 bridgehead atoms. The van der Waals surface area contributed by atoms with Crippen LogP contribution in [0.2, 0.25) is 0 Å². The maximum absolute atomic E-state index is 14.8. The van der Waals surface area contributed by atoms with E-state index in [1.54, 1.807) is 72.8 Å². The Kier molecular flexibility index (Phi) is 11.1. The molecule has 0 atom stereocenters. The summed E-state index contributed by atoms with van der Waals surface area (Å²) < 4.78 is 149. The fourth-order valence-electron chi connectivity index (χ4n) is 9.40. The van der Waals surface area contributed by atoms with E-state index >= 15 is 0 Å². The Balaban J connectivity index is 1.18. The van der Waals surface area contributed by atoms with Crippen LogP contribution in [0, 0.1) is 58.2 Å². The van der Waals surface area contributed by atoms with Crippen LogP contribution >= 0.6 is 0 Å². The van der Waals surface area contributed by atoms with Crippen LogP contribution in [-0.4, -0.2) is 4.57 Å². The van der Waals surface area contributed by atoms with E-state index in [4.69, 9.17) is 0 Å². The van der Waals surface area contributed by atoms with Crippen LogP contribution in [0.5, 0.6) is 0 Å². The zero-order valence-electron chi connectivity index (χ0n) is 36.6. The lowest BCUT2D eigenvalue weighted by molar-refractivity contribution is 0.583. The normalized spacial score (nSPS) is 11.5. The number of para-hydroxylation sites is 1. The average Bonchev–Trinajstić information content (AvgIpc) is 3.65. The molecule has 0 N–H and O–H groups in total. The third-order valence-electron chi connectivity index (χ3n) is 12.4. The molecule has 0 aliphatic rings. The number of fused-ring (bicyclic) bond motifs is 3. The summed E-state index contributed by atoms with van der Waals surface area (Å²) in [5.41, 5.74) is 6.74. The van der Waals surface area contributed by atoms with Crippen molar-refractivity contribution < 1.29 is 43.9 Å². The lowest BCUT2D eigenvalue weighted by atomic mass is 9.92. The van der Waals surface area contributed by atoms with Gasteiger partial charge in [0.15, 0.2) is 0 Å². The van der Waals surface area contributed by atoms with E-state index < -0.39 is 58.2 Å². The zero-order valence-corrected chi connectivity index (χ0v) is 36.6. The van der Waals surface area contributed by atoms with Crippen LogP contribution in [0.3, 0.4) is 0 Å². The van der Waals surface area contributed by atoms with E-state index in [0.29, 0.717) is 77.6 Å². The quantitative estimate of drug-likeness (QED) is 0.134. The van der Waals surface area contributed by atoms with Crippen molar-refractivity contribution in [2.24, 2.45) is 0 Å². The van der Waals surface area contributed by atoms with E-state index in [2.05, 4.69) is 0 Å². The largest absolute Gasteiger partial charge is 0.309 e. The highest BCUT2D eigenvalue weighted by Crippen LogP contribution is 2.43. The van der Waals surface area contributed by atoms with E-state index in [9.17, 15) is 43.9 Å². The van der Waals surface area contributed by atoms with Gasteiger partial charge in [-0.25, -0.2) is 43.9 Å². The first-order chi connectivity index (χ1) is 34.2. The Bertz CT molecular complexity index is 3520. The van der Waals surface area contributed by atoms with Crippen LogP contribution in [0.15, 0.2) is 188 Å². The van der Waals surface area contributed by atoms with Gasteiger partial charge in [-0.1, -0.05) is 30.3 Å². The molecule has 71 heavy (non-hydrogen) atoms. The van der Waals surface area contributed by atoms with E-state index in [1.807, 2.05) is 28.8 Å². The molecule has 0 spiro atoms. The third-order valence-corrected chi connectivity index (χ3v) is 12.4. The Morgan fingerprint density at radius 3 is 0.775 bits per heavy atom. The number of rotatable bonds is 8. The summed E-state index contributed by atoms with van der Waals surface area (Å²) in [5, 5.41) is 1.27. The number of hydrogen-bond donors (Lipinski definition) is 0. The second-order valence-corrected chi connectivity index (χ2v) is 17.2. The zero-order chi connectivity index (χ0) is 49.2. The molecule has 1 nitrogen and oxygen atoms in total. The van der Waals surface area contributed by atoms with Gasteiger partial charge in [0.05, 0.1) is 16.7 Å². The topological polar surface area (TPSA) is 4.93 Å². The van der Waals surface area contributed by atoms with Crippen molar-refractivity contribution >= 4 is 21.8 Å². The molecule has 0 saturated carbocycles. The first kappa shape index (κ1) is 44.8. The Morgan fingerprint density at radius 1 is 0.211 bits per heavy atom. The summed E-state index contributed by atoms with van der Waals surface area (Å²) in [6, 6.07) is 43.4. The van der Waals surface area contributed by atoms with Crippen molar-refractivity contribution in [2.45, 2.75) is 0 Å². The molecule has 0 saturated heterocycles. The summed E-state index contributed by atoms with van der Waals surface area (Å²) in [4.78, 5) is 0. The molecule has 0 aliphatic carbocycles. The highest BCUT2D eigenvalue weighted by Gasteiger charge is 2.20. The van der Waals surface area contributed by atoms with E-state index in [-0.39, 0.29) is 27.8 Å². The minimum absolute atomic E-state index is 0.166. The molecule has 11 aromatic rings. The maximum Gasteiger partial charge on any atom is 0.126 e. The molecule has 10 aromatic carbocycles. The molecule has 0 radical (unpaired) electrons.